The molecule has 0 spiro atoms. The minimum absolute atomic E-state index is 0.0534. The third kappa shape index (κ3) is 3.87. The summed E-state index contributed by atoms with van der Waals surface area (Å²) in [4.78, 5) is 15.8. The zero-order valence-electron chi connectivity index (χ0n) is 12.3. The van der Waals surface area contributed by atoms with E-state index in [1.807, 2.05) is 23.1 Å². The molecule has 0 aliphatic carbocycles. The molecule has 0 atom stereocenters. The second-order valence-electron chi connectivity index (χ2n) is 5.53. The molecule has 20 heavy (non-hydrogen) atoms. The average molecular weight is 276 g/mol. The van der Waals surface area contributed by atoms with Crippen molar-refractivity contribution in [2.45, 2.75) is 26.4 Å². The monoisotopic (exact) mass is 276 g/mol. The van der Waals surface area contributed by atoms with E-state index in [1.165, 1.54) is 5.56 Å². The lowest BCUT2D eigenvalue weighted by atomic mass is 10.1. The van der Waals surface area contributed by atoms with E-state index in [0.29, 0.717) is 6.04 Å². The van der Waals surface area contributed by atoms with Crippen molar-refractivity contribution < 1.29 is 4.79 Å². The van der Waals surface area contributed by atoms with Crippen molar-refractivity contribution in [1.29, 1.82) is 0 Å². The van der Waals surface area contributed by atoms with Gasteiger partial charge in [0.15, 0.2) is 0 Å². The highest BCUT2D eigenvalue weighted by Crippen LogP contribution is 2.12. The molecule has 0 unspecified atom stereocenters. The summed E-state index contributed by atoms with van der Waals surface area (Å²) < 4.78 is 0. The van der Waals surface area contributed by atoms with Gasteiger partial charge in [0, 0.05) is 44.5 Å². The first kappa shape index (κ1) is 14.7. The van der Waals surface area contributed by atoms with Crippen LogP contribution in [0.3, 0.4) is 0 Å². The number of rotatable bonds is 6. The molecule has 2 rings (SSSR count). The Hall–Kier alpha value is -1.75. The van der Waals surface area contributed by atoms with Crippen LogP contribution in [0.5, 0.6) is 0 Å². The normalized spacial score (nSPS) is 15.2. The maximum atomic E-state index is 11.5. The summed E-state index contributed by atoms with van der Waals surface area (Å²) in [5.41, 5.74) is 7.83. The van der Waals surface area contributed by atoms with Crippen molar-refractivity contribution in [3.8, 4) is 0 Å². The molecule has 1 aliphatic rings. The number of anilines is 1. The Morgan fingerprint density at radius 3 is 2.85 bits per heavy atom. The van der Waals surface area contributed by atoms with Crippen molar-refractivity contribution in [3.05, 3.63) is 29.8 Å². The third-order valence-corrected chi connectivity index (χ3v) is 3.67. The summed E-state index contributed by atoms with van der Waals surface area (Å²) in [6.45, 7) is 8.43. The fraction of sp³-hybridized carbons (Fsp3) is 0.533. The van der Waals surface area contributed by atoms with E-state index in [4.69, 9.17) is 5.73 Å². The van der Waals surface area contributed by atoms with E-state index in [1.54, 1.807) is 0 Å². The number of hydrogen-bond donors (Lipinski definition) is 2. The zero-order valence-corrected chi connectivity index (χ0v) is 12.3. The molecule has 5 heteroatoms. The lowest BCUT2D eigenvalue weighted by Crippen LogP contribution is -2.39. The van der Waals surface area contributed by atoms with Gasteiger partial charge in [-0.3, -0.25) is 4.90 Å². The molecular weight excluding hydrogens is 252 g/mol. The number of nitrogens with one attached hydrogen (secondary N) is 1. The van der Waals surface area contributed by atoms with Crippen LogP contribution in [0, 0.1) is 0 Å². The van der Waals surface area contributed by atoms with Gasteiger partial charge >= 0.3 is 6.03 Å². The second kappa shape index (κ2) is 6.61. The maximum absolute atomic E-state index is 11.5. The number of hydrogen-bond acceptors (Lipinski definition) is 3. The highest BCUT2D eigenvalue weighted by Gasteiger charge is 2.20. The Balaban J connectivity index is 1.91. The average Bonchev–Trinajstić information content (AvgIpc) is 2.80. The molecule has 3 N–H and O–H groups in total. The highest BCUT2D eigenvalue weighted by atomic mass is 16.2. The standard InChI is InChI=1S/C15H24N4O/c1-12(2)19(9-8-18-7-6-17-15(18)20)11-13-4-3-5-14(16)10-13/h3-5,10,12H,6-9,11,16H2,1-2H3,(H,17,20). The first-order valence-corrected chi connectivity index (χ1v) is 7.17. The van der Waals surface area contributed by atoms with Crippen LogP contribution in [0.25, 0.3) is 0 Å². The molecule has 1 aromatic rings. The van der Waals surface area contributed by atoms with Crippen LogP contribution < -0.4 is 11.1 Å². The van der Waals surface area contributed by atoms with E-state index in [0.717, 1.165) is 38.4 Å². The Bertz CT molecular complexity index is 461. The number of carbonyl (C=O) groups excluding carboxylic acids is 1. The molecule has 0 radical (unpaired) electrons. The summed E-state index contributed by atoms with van der Waals surface area (Å²) >= 11 is 0. The molecule has 2 amide bonds. The van der Waals surface area contributed by atoms with Crippen molar-refractivity contribution in [1.82, 2.24) is 15.1 Å². The third-order valence-electron chi connectivity index (χ3n) is 3.67. The summed E-state index contributed by atoms with van der Waals surface area (Å²) in [5.74, 6) is 0. The van der Waals surface area contributed by atoms with E-state index in [2.05, 4.69) is 30.1 Å². The first-order chi connectivity index (χ1) is 9.56. The van der Waals surface area contributed by atoms with Crippen LogP contribution in [0.1, 0.15) is 19.4 Å². The van der Waals surface area contributed by atoms with E-state index >= 15 is 0 Å². The smallest absolute Gasteiger partial charge is 0.317 e. The summed E-state index contributed by atoms with van der Waals surface area (Å²) in [6.07, 6.45) is 0. The number of nitrogens with zero attached hydrogens (tertiary/aromatic N) is 2. The fourth-order valence-corrected chi connectivity index (χ4v) is 2.42. The molecule has 0 bridgehead atoms. The van der Waals surface area contributed by atoms with Gasteiger partial charge in [-0.1, -0.05) is 12.1 Å². The van der Waals surface area contributed by atoms with Gasteiger partial charge in [-0.05, 0) is 31.5 Å². The predicted molar refractivity (Wildman–Crippen MR) is 81.4 cm³/mol. The minimum Gasteiger partial charge on any atom is -0.399 e. The van der Waals surface area contributed by atoms with Crippen LogP contribution >= 0.6 is 0 Å². The number of nitrogens with two attached hydrogens (primary N) is 1. The molecule has 5 nitrogen and oxygen atoms in total. The molecule has 110 valence electrons. The molecule has 1 aliphatic heterocycles. The first-order valence-electron chi connectivity index (χ1n) is 7.17. The lowest BCUT2D eigenvalue weighted by Gasteiger charge is -2.28. The molecule has 1 heterocycles. The van der Waals surface area contributed by atoms with Gasteiger partial charge in [0.2, 0.25) is 0 Å². The summed E-state index contributed by atoms with van der Waals surface area (Å²) in [6, 6.07) is 8.47. The quantitative estimate of drug-likeness (QED) is 0.774. The number of amides is 2. The van der Waals surface area contributed by atoms with Crippen molar-refractivity contribution in [2.24, 2.45) is 0 Å². The van der Waals surface area contributed by atoms with Gasteiger partial charge in [-0.2, -0.15) is 0 Å². The van der Waals surface area contributed by atoms with Gasteiger partial charge < -0.3 is 16.0 Å². The second-order valence-corrected chi connectivity index (χ2v) is 5.53. The van der Waals surface area contributed by atoms with Gasteiger partial charge in [0.1, 0.15) is 0 Å². The minimum atomic E-state index is 0.0534. The Morgan fingerprint density at radius 1 is 1.45 bits per heavy atom. The number of carbonyl (C=O) groups is 1. The van der Waals surface area contributed by atoms with Crippen molar-refractivity contribution >= 4 is 11.7 Å². The van der Waals surface area contributed by atoms with E-state index in [-0.39, 0.29) is 6.03 Å². The molecule has 0 aromatic heterocycles. The number of nitrogen functional groups attached to an aromatic ring is 1. The highest BCUT2D eigenvalue weighted by molar-refractivity contribution is 5.76. The van der Waals surface area contributed by atoms with Crippen molar-refractivity contribution in [2.75, 3.05) is 31.9 Å². The van der Waals surface area contributed by atoms with Crippen LogP contribution in [0.2, 0.25) is 0 Å². The maximum Gasteiger partial charge on any atom is 0.317 e. The van der Waals surface area contributed by atoms with Gasteiger partial charge in [0.05, 0.1) is 0 Å². The van der Waals surface area contributed by atoms with Gasteiger partial charge in [-0.25, -0.2) is 4.79 Å². The molecule has 1 fully saturated rings. The van der Waals surface area contributed by atoms with Gasteiger partial charge in [0.25, 0.3) is 0 Å². The Kier molecular flexibility index (Phi) is 4.84. The van der Waals surface area contributed by atoms with Gasteiger partial charge in [-0.15, -0.1) is 0 Å². The molecule has 1 saturated heterocycles. The summed E-state index contributed by atoms with van der Waals surface area (Å²) in [5, 5.41) is 2.83. The number of urea groups is 1. The SMILES string of the molecule is CC(C)N(CCN1CCNC1=O)Cc1cccc(N)c1. The van der Waals surface area contributed by atoms with Crippen LogP contribution in [0.15, 0.2) is 24.3 Å². The largest absolute Gasteiger partial charge is 0.399 e. The molecular formula is C15H24N4O. The van der Waals surface area contributed by atoms with Crippen LogP contribution in [-0.4, -0.2) is 48.1 Å². The predicted octanol–water partition coefficient (Wildman–Crippen LogP) is 1.50. The van der Waals surface area contributed by atoms with E-state index in [9.17, 15) is 4.79 Å². The van der Waals surface area contributed by atoms with Crippen LogP contribution in [0.4, 0.5) is 10.5 Å². The Morgan fingerprint density at radius 2 is 2.25 bits per heavy atom. The summed E-state index contributed by atoms with van der Waals surface area (Å²) in [7, 11) is 0. The lowest BCUT2D eigenvalue weighted by molar-refractivity contribution is 0.178. The van der Waals surface area contributed by atoms with Crippen molar-refractivity contribution in [3.63, 3.8) is 0 Å². The number of benzene rings is 1. The van der Waals surface area contributed by atoms with Crippen LogP contribution in [-0.2, 0) is 6.54 Å². The molecule has 1 aromatic carbocycles. The zero-order chi connectivity index (χ0) is 14.5. The fourth-order valence-electron chi connectivity index (χ4n) is 2.42. The van der Waals surface area contributed by atoms with E-state index < -0.39 is 0 Å². The Labute approximate surface area is 120 Å². The topological polar surface area (TPSA) is 61.6 Å². The molecule has 0 saturated carbocycles.